The molecular weight excluding hydrogens is 353 g/mol. The van der Waals surface area contributed by atoms with Crippen molar-refractivity contribution in [1.29, 1.82) is 0 Å². The van der Waals surface area contributed by atoms with Crippen molar-refractivity contribution >= 4 is 5.78 Å². The van der Waals surface area contributed by atoms with Gasteiger partial charge in [-0.15, -0.1) is 0 Å². The fourth-order valence-corrected chi connectivity index (χ4v) is 7.04. The van der Waals surface area contributed by atoms with E-state index < -0.39 is 17.2 Å². The molecule has 0 radical (unpaired) electrons. The molecule has 0 aromatic carbocycles. The van der Waals surface area contributed by atoms with Crippen LogP contribution in [0.5, 0.6) is 0 Å². The number of ketones is 1. The molecule has 0 aliphatic heterocycles. The Morgan fingerprint density at radius 1 is 1.22 bits per heavy atom. The number of allylic oxidation sites excluding steroid dienone is 3. The quantitative estimate of drug-likeness (QED) is 0.583. The largest absolute Gasteiger partial charge is 0.418 e. The van der Waals surface area contributed by atoms with Crippen molar-refractivity contribution in [2.24, 2.45) is 34.5 Å². The van der Waals surface area contributed by atoms with Gasteiger partial charge in [-0.25, -0.2) is 0 Å². The second-order valence-corrected chi connectivity index (χ2v) is 9.89. The lowest BCUT2D eigenvalue weighted by atomic mass is 9.41. The first kappa shape index (κ1) is 19.2. The summed E-state index contributed by atoms with van der Waals surface area (Å²) in [5, 5.41) is 10.8. The summed E-state index contributed by atoms with van der Waals surface area (Å²) in [6.07, 6.45) is 3.46. The molecular formula is C22H29F3O2. The number of hydrogen-bond acceptors (Lipinski definition) is 2. The van der Waals surface area contributed by atoms with Gasteiger partial charge in [0.1, 0.15) is 0 Å². The van der Waals surface area contributed by atoms with E-state index in [2.05, 4.69) is 13.8 Å². The first-order valence-electron chi connectivity index (χ1n) is 10.1. The molecule has 2 saturated carbocycles. The first-order chi connectivity index (χ1) is 12.4. The van der Waals surface area contributed by atoms with Crippen LogP contribution in [-0.2, 0) is 4.79 Å². The second kappa shape index (κ2) is 5.71. The molecule has 4 rings (SSSR count). The second-order valence-electron chi connectivity index (χ2n) is 9.89. The minimum atomic E-state index is -4.64. The summed E-state index contributed by atoms with van der Waals surface area (Å²) in [7, 11) is 0. The Kier molecular flexibility index (Phi) is 4.07. The molecule has 4 aliphatic carbocycles. The molecule has 0 unspecified atom stereocenters. The molecule has 5 heteroatoms. The number of aliphatic hydroxyl groups is 1. The number of hydrogen-bond donors (Lipinski definition) is 1. The van der Waals surface area contributed by atoms with Gasteiger partial charge in [-0.3, -0.25) is 4.79 Å². The zero-order valence-electron chi connectivity index (χ0n) is 16.3. The topological polar surface area (TPSA) is 37.3 Å². The van der Waals surface area contributed by atoms with Crippen molar-refractivity contribution in [2.45, 2.75) is 71.1 Å². The van der Waals surface area contributed by atoms with Gasteiger partial charge in [0.25, 0.3) is 0 Å². The van der Waals surface area contributed by atoms with Crippen LogP contribution in [0, 0.1) is 34.5 Å². The zero-order chi connectivity index (χ0) is 19.8. The van der Waals surface area contributed by atoms with Crippen molar-refractivity contribution in [3.63, 3.8) is 0 Å². The van der Waals surface area contributed by atoms with Gasteiger partial charge >= 0.3 is 6.18 Å². The van der Waals surface area contributed by atoms with Crippen molar-refractivity contribution < 1.29 is 23.1 Å². The van der Waals surface area contributed by atoms with Crippen LogP contribution in [0.15, 0.2) is 23.8 Å². The molecule has 0 bridgehead atoms. The van der Waals surface area contributed by atoms with E-state index in [1.54, 1.807) is 13.0 Å². The molecule has 0 spiro atoms. The average Bonchev–Trinajstić information content (AvgIpc) is 2.56. The van der Waals surface area contributed by atoms with E-state index >= 15 is 0 Å². The highest BCUT2D eigenvalue weighted by Crippen LogP contribution is 2.68. The molecule has 2 fully saturated rings. The van der Waals surface area contributed by atoms with Gasteiger partial charge in [0, 0.05) is 18.3 Å². The van der Waals surface area contributed by atoms with Crippen LogP contribution in [0.3, 0.4) is 0 Å². The van der Waals surface area contributed by atoms with Crippen LogP contribution < -0.4 is 0 Å². The lowest BCUT2D eigenvalue weighted by Gasteiger charge is -2.64. The maximum Gasteiger partial charge on any atom is 0.418 e. The smallest absolute Gasteiger partial charge is 0.380 e. The van der Waals surface area contributed by atoms with Crippen LogP contribution in [0.1, 0.15) is 59.3 Å². The van der Waals surface area contributed by atoms with Crippen molar-refractivity contribution in [3.05, 3.63) is 23.8 Å². The molecule has 2 nitrogen and oxygen atoms in total. The number of halogens is 3. The summed E-state index contributed by atoms with van der Waals surface area (Å²) in [5.74, 6) is 0.453. The van der Waals surface area contributed by atoms with Gasteiger partial charge in [-0.05, 0) is 60.8 Å². The van der Waals surface area contributed by atoms with E-state index in [0.717, 1.165) is 12.8 Å². The Hall–Kier alpha value is -1.10. The third kappa shape index (κ3) is 2.39. The SMILES string of the molecule is C[C@@H]1CC2=CC(=O)CC[C@]2(C)[C@H]2CC[C@@]3(C)[C@@H](C=CC[C@@]3(O)C(F)(F)F)[C@H]12. The molecule has 0 saturated heterocycles. The molecule has 27 heavy (non-hydrogen) atoms. The van der Waals surface area contributed by atoms with Gasteiger partial charge < -0.3 is 5.11 Å². The Morgan fingerprint density at radius 2 is 1.93 bits per heavy atom. The number of fused-ring (bicyclic) bond motifs is 5. The van der Waals surface area contributed by atoms with Crippen LogP contribution in [0.2, 0.25) is 0 Å². The lowest BCUT2D eigenvalue weighted by molar-refractivity contribution is -0.319. The summed E-state index contributed by atoms with van der Waals surface area (Å²) in [6.45, 7) is 5.97. The molecule has 4 aliphatic rings. The van der Waals surface area contributed by atoms with E-state index in [1.807, 2.05) is 12.2 Å². The van der Waals surface area contributed by atoms with Gasteiger partial charge in [-0.2, -0.15) is 13.2 Å². The van der Waals surface area contributed by atoms with Gasteiger partial charge in [0.2, 0.25) is 0 Å². The predicted octanol–water partition coefficient (Wildman–Crippen LogP) is 5.22. The van der Waals surface area contributed by atoms with E-state index in [-0.39, 0.29) is 41.3 Å². The maximum absolute atomic E-state index is 13.9. The third-order valence-corrected chi connectivity index (χ3v) is 8.74. The Labute approximate surface area is 158 Å². The normalized spacial score (nSPS) is 49.7. The Balaban J connectivity index is 1.78. The minimum absolute atomic E-state index is 0.101. The lowest BCUT2D eigenvalue weighted by Crippen LogP contribution is -2.66. The highest BCUT2D eigenvalue weighted by atomic mass is 19.4. The minimum Gasteiger partial charge on any atom is -0.380 e. The number of carbonyl (C=O) groups excluding carboxylic acids is 1. The predicted molar refractivity (Wildman–Crippen MR) is 96.8 cm³/mol. The highest BCUT2D eigenvalue weighted by Gasteiger charge is 2.70. The summed E-state index contributed by atoms with van der Waals surface area (Å²) in [6, 6.07) is 0. The summed E-state index contributed by atoms with van der Waals surface area (Å²) in [5.41, 5.74) is -2.77. The molecule has 0 aromatic rings. The van der Waals surface area contributed by atoms with Crippen LogP contribution in [0.4, 0.5) is 13.2 Å². The monoisotopic (exact) mass is 382 g/mol. The zero-order valence-corrected chi connectivity index (χ0v) is 16.3. The van der Waals surface area contributed by atoms with E-state index in [1.165, 1.54) is 5.57 Å². The number of alkyl halides is 3. The van der Waals surface area contributed by atoms with E-state index in [0.29, 0.717) is 19.3 Å². The fraction of sp³-hybridized carbons (Fsp3) is 0.773. The first-order valence-corrected chi connectivity index (χ1v) is 10.1. The molecule has 0 aromatic heterocycles. The van der Waals surface area contributed by atoms with E-state index in [9.17, 15) is 23.1 Å². The van der Waals surface area contributed by atoms with Crippen molar-refractivity contribution in [1.82, 2.24) is 0 Å². The fourth-order valence-electron chi connectivity index (χ4n) is 7.04. The molecule has 1 N–H and O–H groups in total. The highest BCUT2D eigenvalue weighted by molar-refractivity contribution is 5.91. The van der Waals surface area contributed by atoms with Gasteiger partial charge in [0.05, 0.1) is 0 Å². The number of rotatable bonds is 0. The number of carbonyl (C=O) groups is 1. The van der Waals surface area contributed by atoms with Gasteiger partial charge in [0.15, 0.2) is 11.4 Å². The van der Waals surface area contributed by atoms with E-state index in [4.69, 9.17) is 0 Å². The standard InChI is InChI=1S/C22H29F3O2/c1-13-11-14-12-15(26)6-9-19(14,2)16-7-10-20(3)17(18(13)16)5-4-8-21(20,27)22(23,24)25/h4-5,12-13,16-18,27H,6-11H2,1-3H3/t13-,16+,17+,18-,19+,20+,21+/m1/s1. The summed E-state index contributed by atoms with van der Waals surface area (Å²) < 4.78 is 41.8. The molecule has 0 heterocycles. The van der Waals surface area contributed by atoms with Gasteiger partial charge in [-0.1, -0.05) is 38.5 Å². The van der Waals surface area contributed by atoms with Crippen molar-refractivity contribution in [3.8, 4) is 0 Å². The molecule has 150 valence electrons. The van der Waals surface area contributed by atoms with Crippen molar-refractivity contribution in [2.75, 3.05) is 0 Å². The van der Waals surface area contributed by atoms with Crippen LogP contribution in [-0.4, -0.2) is 22.7 Å². The Morgan fingerprint density at radius 3 is 2.59 bits per heavy atom. The van der Waals surface area contributed by atoms with Crippen LogP contribution in [0.25, 0.3) is 0 Å². The summed E-state index contributed by atoms with van der Waals surface area (Å²) >= 11 is 0. The molecule has 7 atom stereocenters. The third-order valence-electron chi connectivity index (χ3n) is 8.74. The van der Waals surface area contributed by atoms with Crippen LogP contribution >= 0.6 is 0 Å². The summed E-state index contributed by atoms with van der Waals surface area (Å²) in [4.78, 5) is 12.0. The average molecular weight is 382 g/mol. The Bertz CT molecular complexity index is 724. The maximum atomic E-state index is 13.9. The molecule has 0 amide bonds.